The number of aryl methyl sites for hydroxylation is 2. The van der Waals surface area contributed by atoms with Crippen molar-refractivity contribution in [2.24, 2.45) is 4.99 Å². The maximum Gasteiger partial charge on any atom is 0.0379 e. The van der Waals surface area contributed by atoms with Gasteiger partial charge in [-0.05, 0) is 30.5 Å². The maximum atomic E-state index is 4.23. The summed E-state index contributed by atoms with van der Waals surface area (Å²) in [4.78, 5) is 8.23. The molecular weight excluding hydrogens is 148 g/mol. The minimum Gasteiger partial charge on any atom is -0.296 e. The summed E-state index contributed by atoms with van der Waals surface area (Å²) >= 11 is 0. The van der Waals surface area contributed by atoms with Gasteiger partial charge in [-0.1, -0.05) is 6.92 Å². The van der Waals surface area contributed by atoms with Gasteiger partial charge in [0.2, 0.25) is 0 Å². The van der Waals surface area contributed by atoms with Gasteiger partial charge in [0.25, 0.3) is 0 Å². The standard InChI is InChI=1S/C10H14N2/c1-4-9-7-12-8(2)5-10(9)6-11-3/h5-7H,4H2,1-3H3. The Morgan fingerprint density at radius 2 is 2.33 bits per heavy atom. The Hall–Kier alpha value is -1.18. The Bertz CT molecular complexity index is 290. The van der Waals surface area contributed by atoms with Gasteiger partial charge >= 0.3 is 0 Å². The Morgan fingerprint density at radius 1 is 1.58 bits per heavy atom. The van der Waals surface area contributed by atoms with E-state index in [4.69, 9.17) is 0 Å². The zero-order valence-electron chi connectivity index (χ0n) is 7.83. The summed E-state index contributed by atoms with van der Waals surface area (Å²) in [5.74, 6) is 0. The second-order valence-corrected chi connectivity index (χ2v) is 2.77. The lowest BCUT2D eigenvalue weighted by atomic mass is 10.1. The zero-order chi connectivity index (χ0) is 8.97. The molecule has 0 fully saturated rings. The minimum atomic E-state index is 1.01. The first-order valence-corrected chi connectivity index (χ1v) is 4.15. The summed E-state index contributed by atoms with van der Waals surface area (Å²) in [6.07, 6.45) is 4.81. The van der Waals surface area contributed by atoms with Crippen LogP contribution in [-0.2, 0) is 6.42 Å². The van der Waals surface area contributed by atoms with Crippen molar-refractivity contribution in [1.29, 1.82) is 0 Å². The molecule has 0 atom stereocenters. The molecule has 1 rings (SSSR count). The molecule has 0 N–H and O–H groups in total. The van der Waals surface area contributed by atoms with Crippen LogP contribution in [0, 0.1) is 6.92 Å². The van der Waals surface area contributed by atoms with Crippen LogP contribution in [0.4, 0.5) is 0 Å². The Balaban J connectivity index is 3.12. The fourth-order valence-electron chi connectivity index (χ4n) is 1.16. The molecule has 0 aliphatic rings. The Labute approximate surface area is 73.4 Å². The highest BCUT2D eigenvalue weighted by Crippen LogP contribution is 2.07. The average Bonchev–Trinajstić information content (AvgIpc) is 2.05. The van der Waals surface area contributed by atoms with Gasteiger partial charge in [0, 0.05) is 25.2 Å². The van der Waals surface area contributed by atoms with Crippen molar-refractivity contribution >= 4 is 6.21 Å². The van der Waals surface area contributed by atoms with Crippen LogP contribution in [0.15, 0.2) is 17.3 Å². The summed E-state index contributed by atoms with van der Waals surface area (Å²) in [6, 6.07) is 2.06. The predicted octanol–water partition coefficient (Wildman–Crippen LogP) is 2.00. The molecule has 1 aromatic rings. The fourth-order valence-corrected chi connectivity index (χ4v) is 1.16. The molecule has 0 amide bonds. The molecule has 64 valence electrons. The SMILES string of the molecule is CCc1cnc(C)cc1C=NC. The van der Waals surface area contributed by atoms with Gasteiger partial charge < -0.3 is 0 Å². The molecule has 2 nitrogen and oxygen atoms in total. The molecule has 0 aliphatic heterocycles. The van der Waals surface area contributed by atoms with Crippen molar-refractivity contribution < 1.29 is 0 Å². The molecule has 0 aromatic carbocycles. The van der Waals surface area contributed by atoms with Crippen LogP contribution in [0.2, 0.25) is 0 Å². The third-order valence-electron chi connectivity index (χ3n) is 1.81. The van der Waals surface area contributed by atoms with Crippen molar-refractivity contribution in [3.8, 4) is 0 Å². The summed E-state index contributed by atoms with van der Waals surface area (Å²) in [7, 11) is 1.79. The molecule has 0 aliphatic carbocycles. The first-order valence-electron chi connectivity index (χ1n) is 4.15. The fraction of sp³-hybridized carbons (Fsp3) is 0.400. The lowest BCUT2D eigenvalue weighted by Gasteiger charge is -2.02. The van der Waals surface area contributed by atoms with Gasteiger partial charge in [-0.2, -0.15) is 0 Å². The molecule has 12 heavy (non-hydrogen) atoms. The van der Waals surface area contributed by atoms with Gasteiger partial charge in [-0.15, -0.1) is 0 Å². The summed E-state index contributed by atoms with van der Waals surface area (Å²) in [5.41, 5.74) is 3.49. The summed E-state index contributed by atoms with van der Waals surface area (Å²) in [6.45, 7) is 4.12. The highest BCUT2D eigenvalue weighted by Gasteiger charge is 1.97. The number of hydrogen-bond donors (Lipinski definition) is 0. The molecule has 2 heteroatoms. The molecular formula is C10H14N2. The van der Waals surface area contributed by atoms with Crippen LogP contribution in [-0.4, -0.2) is 18.2 Å². The molecule has 0 unspecified atom stereocenters. The second kappa shape index (κ2) is 4.00. The Morgan fingerprint density at radius 3 is 2.92 bits per heavy atom. The van der Waals surface area contributed by atoms with Crippen molar-refractivity contribution in [3.63, 3.8) is 0 Å². The smallest absolute Gasteiger partial charge is 0.0379 e. The highest BCUT2D eigenvalue weighted by molar-refractivity contribution is 5.81. The van der Waals surface area contributed by atoms with E-state index < -0.39 is 0 Å². The van der Waals surface area contributed by atoms with Crippen molar-refractivity contribution in [1.82, 2.24) is 4.98 Å². The van der Waals surface area contributed by atoms with Crippen LogP contribution in [0.1, 0.15) is 23.7 Å². The van der Waals surface area contributed by atoms with Crippen LogP contribution in [0.25, 0.3) is 0 Å². The van der Waals surface area contributed by atoms with Gasteiger partial charge in [0.05, 0.1) is 0 Å². The average molecular weight is 162 g/mol. The molecule has 0 radical (unpaired) electrons. The third kappa shape index (κ3) is 1.91. The van der Waals surface area contributed by atoms with Gasteiger partial charge in [0.15, 0.2) is 0 Å². The number of aliphatic imine (C=N–C) groups is 1. The Kier molecular flexibility index (Phi) is 2.97. The molecule has 0 saturated heterocycles. The third-order valence-corrected chi connectivity index (χ3v) is 1.81. The topological polar surface area (TPSA) is 25.2 Å². The first-order chi connectivity index (χ1) is 5.77. The van der Waals surface area contributed by atoms with Crippen LogP contribution < -0.4 is 0 Å². The van der Waals surface area contributed by atoms with E-state index in [9.17, 15) is 0 Å². The van der Waals surface area contributed by atoms with Crippen molar-refractivity contribution in [3.05, 3.63) is 29.1 Å². The molecule has 0 saturated carbocycles. The monoisotopic (exact) mass is 162 g/mol. The quantitative estimate of drug-likeness (QED) is 0.610. The number of pyridine rings is 1. The summed E-state index contributed by atoms with van der Waals surface area (Å²) in [5, 5.41) is 0. The molecule has 0 bridgehead atoms. The number of nitrogens with zero attached hydrogens (tertiary/aromatic N) is 2. The predicted molar refractivity (Wildman–Crippen MR) is 51.9 cm³/mol. The minimum absolute atomic E-state index is 1.01. The van der Waals surface area contributed by atoms with E-state index in [1.54, 1.807) is 7.05 Å². The normalized spacial score (nSPS) is 10.9. The maximum absolute atomic E-state index is 4.23. The van der Waals surface area contributed by atoms with Crippen molar-refractivity contribution in [2.75, 3.05) is 7.05 Å². The molecule has 1 heterocycles. The van der Waals surface area contributed by atoms with Gasteiger partial charge in [-0.3, -0.25) is 9.98 Å². The van der Waals surface area contributed by atoms with E-state index in [1.165, 1.54) is 11.1 Å². The number of aromatic nitrogens is 1. The van der Waals surface area contributed by atoms with Crippen LogP contribution in [0.5, 0.6) is 0 Å². The molecule has 1 aromatic heterocycles. The van der Waals surface area contributed by atoms with E-state index in [-0.39, 0.29) is 0 Å². The lowest BCUT2D eigenvalue weighted by molar-refractivity contribution is 1.07. The summed E-state index contributed by atoms with van der Waals surface area (Å²) < 4.78 is 0. The lowest BCUT2D eigenvalue weighted by Crippen LogP contribution is -1.94. The van der Waals surface area contributed by atoms with E-state index in [0.717, 1.165) is 12.1 Å². The van der Waals surface area contributed by atoms with Crippen LogP contribution >= 0.6 is 0 Å². The second-order valence-electron chi connectivity index (χ2n) is 2.77. The van der Waals surface area contributed by atoms with Gasteiger partial charge in [-0.25, -0.2) is 0 Å². The highest BCUT2D eigenvalue weighted by atomic mass is 14.7. The van der Waals surface area contributed by atoms with E-state index in [2.05, 4.69) is 23.0 Å². The number of hydrogen-bond acceptors (Lipinski definition) is 2. The van der Waals surface area contributed by atoms with Crippen LogP contribution in [0.3, 0.4) is 0 Å². The van der Waals surface area contributed by atoms with E-state index in [0.29, 0.717) is 0 Å². The van der Waals surface area contributed by atoms with Gasteiger partial charge in [0.1, 0.15) is 0 Å². The zero-order valence-corrected chi connectivity index (χ0v) is 7.83. The molecule has 0 spiro atoms. The first kappa shape index (κ1) is 8.91. The van der Waals surface area contributed by atoms with Crippen molar-refractivity contribution in [2.45, 2.75) is 20.3 Å². The number of rotatable bonds is 2. The largest absolute Gasteiger partial charge is 0.296 e. The van der Waals surface area contributed by atoms with E-state index >= 15 is 0 Å². The van der Waals surface area contributed by atoms with E-state index in [1.807, 2.05) is 19.3 Å².